The van der Waals surface area contributed by atoms with Crippen molar-refractivity contribution in [1.82, 2.24) is 9.94 Å². The molecule has 1 aromatic heterocycles. The van der Waals surface area contributed by atoms with Crippen LogP contribution in [0, 0.1) is 5.82 Å². The number of hydrogen-bond donors (Lipinski definition) is 1. The zero-order valence-corrected chi connectivity index (χ0v) is 7.42. The summed E-state index contributed by atoms with van der Waals surface area (Å²) in [4.78, 5) is 0.523. The number of halogens is 2. The summed E-state index contributed by atoms with van der Waals surface area (Å²) in [5, 5.41) is 13.1. The van der Waals surface area contributed by atoms with Gasteiger partial charge in [0.15, 0.2) is 5.82 Å². The van der Waals surface area contributed by atoms with Crippen molar-refractivity contribution in [2.75, 3.05) is 0 Å². The van der Waals surface area contributed by atoms with Gasteiger partial charge in [-0.1, -0.05) is 20.8 Å². The lowest BCUT2D eigenvalue weighted by molar-refractivity contribution is 0.159. The predicted octanol–water partition coefficient (Wildman–Crippen LogP) is 2.18. The maximum atomic E-state index is 13.0. The summed E-state index contributed by atoms with van der Waals surface area (Å²) in [5.41, 5.74) is 0.0874. The highest BCUT2D eigenvalue weighted by atomic mass is 79.9. The molecule has 3 nitrogen and oxygen atoms in total. The lowest BCUT2D eigenvalue weighted by Crippen LogP contribution is -1.93. The topological polar surface area (TPSA) is 38.0 Å². The van der Waals surface area contributed by atoms with E-state index in [0.29, 0.717) is 14.7 Å². The lowest BCUT2D eigenvalue weighted by Gasteiger charge is -1.95. The van der Waals surface area contributed by atoms with Crippen molar-refractivity contribution in [3.05, 3.63) is 28.6 Å². The predicted molar refractivity (Wildman–Crippen MR) is 44.6 cm³/mol. The molecule has 2 aromatic rings. The van der Waals surface area contributed by atoms with E-state index in [1.165, 1.54) is 12.3 Å². The van der Waals surface area contributed by atoms with E-state index in [9.17, 15) is 4.39 Å². The van der Waals surface area contributed by atoms with Gasteiger partial charge in [0, 0.05) is 9.86 Å². The summed E-state index contributed by atoms with van der Waals surface area (Å²) in [6, 6.07) is 2.83. The minimum Gasteiger partial charge on any atom is -0.411 e. The fraction of sp³-hybridized carbons (Fsp3) is 0. The van der Waals surface area contributed by atoms with Crippen LogP contribution in [-0.4, -0.2) is 15.2 Å². The maximum Gasteiger partial charge on any atom is 0.152 e. The van der Waals surface area contributed by atoms with Gasteiger partial charge in [0.2, 0.25) is 0 Å². The van der Waals surface area contributed by atoms with E-state index in [0.717, 1.165) is 0 Å². The SMILES string of the molecule is On1ncc2c(Br)ccc(F)c21. The minimum atomic E-state index is -0.492. The second kappa shape index (κ2) is 2.45. The van der Waals surface area contributed by atoms with Gasteiger partial charge < -0.3 is 5.21 Å². The first-order valence-corrected chi connectivity index (χ1v) is 4.00. The van der Waals surface area contributed by atoms with E-state index < -0.39 is 5.82 Å². The van der Waals surface area contributed by atoms with Crippen LogP contribution in [0.2, 0.25) is 0 Å². The molecule has 0 amide bonds. The Morgan fingerprint density at radius 2 is 2.25 bits per heavy atom. The van der Waals surface area contributed by atoms with Crippen molar-refractivity contribution >= 4 is 26.8 Å². The molecule has 0 fully saturated rings. The molecule has 62 valence electrons. The third-order valence-electron chi connectivity index (χ3n) is 1.61. The molecule has 0 aliphatic rings. The quantitative estimate of drug-likeness (QED) is 0.705. The van der Waals surface area contributed by atoms with Crippen LogP contribution >= 0.6 is 15.9 Å². The van der Waals surface area contributed by atoms with Gasteiger partial charge >= 0.3 is 0 Å². The van der Waals surface area contributed by atoms with Gasteiger partial charge in [0.1, 0.15) is 5.52 Å². The molecule has 0 bridgehead atoms. The Morgan fingerprint density at radius 3 is 2.92 bits per heavy atom. The molecule has 0 atom stereocenters. The zero-order valence-electron chi connectivity index (χ0n) is 5.83. The lowest BCUT2D eigenvalue weighted by atomic mass is 10.2. The standard InChI is InChI=1S/C7H4BrFN2O/c8-5-1-2-6(9)7-4(5)3-10-11(7)12/h1-3,12H. The molecule has 0 saturated carbocycles. The molecule has 12 heavy (non-hydrogen) atoms. The Bertz CT molecular complexity index is 440. The average Bonchev–Trinajstić information content (AvgIpc) is 2.42. The molecule has 0 radical (unpaired) electrons. The van der Waals surface area contributed by atoms with Crippen molar-refractivity contribution < 1.29 is 9.60 Å². The third kappa shape index (κ3) is 0.896. The number of rotatable bonds is 0. The largest absolute Gasteiger partial charge is 0.411 e. The molecule has 0 aliphatic heterocycles. The molecule has 0 aliphatic carbocycles. The van der Waals surface area contributed by atoms with Crippen LogP contribution in [0.3, 0.4) is 0 Å². The van der Waals surface area contributed by atoms with Crippen LogP contribution < -0.4 is 0 Å². The molecule has 2 rings (SSSR count). The number of nitrogens with zero attached hydrogens (tertiary/aromatic N) is 2. The van der Waals surface area contributed by atoms with Crippen LogP contribution in [0.1, 0.15) is 0 Å². The normalized spacial score (nSPS) is 10.8. The number of fused-ring (bicyclic) bond motifs is 1. The maximum absolute atomic E-state index is 13.0. The third-order valence-corrected chi connectivity index (χ3v) is 2.30. The van der Waals surface area contributed by atoms with Gasteiger partial charge in [-0.3, -0.25) is 0 Å². The van der Waals surface area contributed by atoms with E-state index >= 15 is 0 Å². The van der Waals surface area contributed by atoms with Crippen LogP contribution in [0.4, 0.5) is 4.39 Å². The Morgan fingerprint density at radius 1 is 1.50 bits per heavy atom. The molecular formula is C7H4BrFN2O. The zero-order chi connectivity index (χ0) is 8.72. The van der Waals surface area contributed by atoms with E-state index in [4.69, 9.17) is 5.21 Å². The minimum absolute atomic E-state index is 0.0874. The van der Waals surface area contributed by atoms with Crippen LogP contribution in [0.5, 0.6) is 0 Å². The van der Waals surface area contributed by atoms with Crippen LogP contribution in [-0.2, 0) is 0 Å². The first kappa shape index (κ1) is 7.54. The fourth-order valence-electron chi connectivity index (χ4n) is 1.05. The fourth-order valence-corrected chi connectivity index (χ4v) is 1.48. The molecule has 0 saturated heterocycles. The van der Waals surface area contributed by atoms with Crippen LogP contribution in [0.15, 0.2) is 22.8 Å². The molecule has 1 aromatic carbocycles. The van der Waals surface area contributed by atoms with Crippen molar-refractivity contribution in [3.8, 4) is 0 Å². The smallest absolute Gasteiger partial charge is 0.152 e. The Balaban J connectivity index is 2.98. The molecule has 0 unspecified atom stereocenters. The van der Waals surface area contributed by atoms with Gasteiger partial charge in [-0.25, -0.2) is 4.39 Å². The summed E-state index contributed by atoms with van der Waals surface area (Å²) >= 11 is 3.21. The average molecular weight is 231 g/mol. The second-order valence-electron chi connectivity index (χ2n) is 2.33. The summed E-state index contributed by atoms with van der Waals surface area (Å²) in [6.45, 7) is 0. The van der Waals surface area contributed by atoms with E-state index in [-0.39, 0.29) is 5.52 Å². The number of hydrogen-bond acceptors (Lipinski definition) is 2. The highest BCUT2D eigenvalue weighted by Crippen LogP contribution is 2.24. The molecule has 5 heteroatoms. The molecule has 1 N–H and O–H groups in total. The second-order valence-corrected chi connectivity index (χ2v) is 3.18. The van der Waals surface area contributed by atoms with Crippen molar-refractivity contribution in [1.29, 1.82) is 0 Å². The van der Waals surface area contributed by atoms with Gasteiger partial charge in [0.25, 0.3) is 0 Å². The van der Waals surface area contributed by atoms with Crippen molar-refractivity contribution in [3.63, 3.8) is 0 Å². The summed E-state index contributed by atoms with van der Waals surface area (Å²) in [5.74, 6) is -0.492. The molecule has 1 heterocycles. The van der Waals surface area contributed by atoms with Gasteiger partial charge in [-0.2, -0.15) is 0 Å². The summed E-state index contributed by atoms with van der Waals surface area (Å²) in [6.07, 6.45) is 1.39. The Kier molecular flexibility index (Phi) is 1.54. The first-order valence-electron chi connectivity index (χ1n) is 3.21. The van der Waals surface area contributed by atoms with E-state index in [2.05, 4.69) is 21.0 Å². The summed E-state index contributed by atoms with van der Waals surface area (Å²) < 4.78 is 13.7. The summed E-state index contributed by atoms with van der Waals surface area (Å²) in [7, 11) is 0. The van der Waals surface area contributed by atoms with E-state index in [1.807, 2.05) is 0 Å². The highest BCUT2D eigenvalue weighted by Gasteiger charge is 2.09. The first-order chi connectivity index (χ1) is 5.70. The van der Waals surface area contributed by atoms with Crippen LogP contribution in [0.25, 0.3) is 10.9 Å². The Labute approximate surface area is 75.5 Å². The van der Waals surface area contributed by atoms with Gasteiger partial charge in [-0.15, -0.1) is 5.10 Å². The number of benzene rings is 1. The molecule has 0 spiro atoms. The van der Waals surface area contributed by atoms with Crippen molar-refractivity contribution in [2.45, 2.75) is 0 Å². The van der Waals surface area contributed by atoms with Gasteiger partial charge in [-0.05, 0) is 12.1 Å². The molecular weight excluding hydrogens is 227 g/mol. The highest BCUT2D eigenvalue weighted by molar-refractivity contribution is 9.10. The van der Waals surface area contributed by atoms with Gasteiger partial charge in [0.05, 0.1) is 6.20 Å². The monoisotopic (exact) mass is 230 g/mol. The number of aromatic nitrogens is 2. The van der Waals surface area contributed by atoms with Crippen molar-refractivity contribution in [2.24, 2.45) is 0 Å². The van der Waals surface area contributed by atoms with E-state index in [1.54, 1.807) is 6.07 Å². The Hall–Kier alpha value is -1.10.